The molecule has 0 fully saturated rings. The molecule has 1 aromatic rings. The molecule has 0 aliphatic rings. The van der Waals surface area contributed by atoms with E-state index in [0.717, 1.165) is 3.78 Å². The number of allylic oxidation sites excluding steroid dienone is 2. The molecule has 0 amide bonds. The van der Waals surface area contributed by atoms with E-state index >= 15 is 0 Å². The van der Waals surface area contributed by atoms with Crippen molar-refractivity contribution in [2.24, 2.45) is 0 Å². The molecule has 0 aliphatic heterocycles. The van der Waals surface area contributed by atoms with Crippen molar-refractivity contribution in [2.45, 2.75) is 14.8 Å². The molecule has 0 radical (unpaired) electrons. The number of nitriles is 2. The van der Waals surface area contributed by atoms with Crippen molar-refractivity contribution in [2.75, 3.05) is 0 Å². The van der Waals surface area contributed by atoms with Gasteiger partial charge in [0.25, 0.3) is 0 Å². The van der Waals surface area contributed by atoms with E-state index in [1.165, 1.54) is 6.08 Å². The van der Waals surface area contributed by atoms with E-state index in [0.29, 0.717) is 11.3 Å². The fraction of sp³-hybridized carbons (Fsp3) is 0.273. The Hall–Kier alpha value is -1.20. The van der Waals surface area contributed by atoms with Gasteiger partial charge in [0, 0.05) is 0 Å². The van der Waals surface area contributed by atoms with Gasteiger partial charge in [-0.25, -0.2) is 0 Å². The van der Waals surface area contributed by atoms with E-state index in [2.05, 4.69) is 14.8 Å². The van der Waals surface area contributed by atoms with E-state index in [1.54, 1.807) is 6.07 Å². The first-order chi connectivity index (χ1) is 6.99. The molecule has 15 heavy (non-hydrogen) atoms. The molecule has 0 saturated carbocycles. The van der Waals surface area contributed by atoms with Gasteiger partial charge >= 0.3 is 93.6 Å². The van der Waals surface area contributed by atoms with Crippen LogP contribution in [0.2, 0.25) is 14.8 Å². The predicted octanol–water partition coefficient (Wildman–Crippen LogP) is 2.26. The normalized spacial score (nSPS) is 11.9. The molecule has 0 N–H and O–H groups in total. The van der Waals surface area contributed by atoms with Crippen LogP contribution < -0.4 is 3.78 Å². The summed E-state index contributed by atoms with van der Waals surface area (Å²) in [7, 11) is 0. The second-order valence-corrected chi connectivity index (χ2v) is 18.5. The SMILES string of the molecule is [CH3][Sn]([CH3])([CH3])[c]1ccc(C(C#N)=CC#N)o1. The molecule has 0 unspecified atom stereocenters. The Bertz CT molecular complexity index is 466. The van der Waals surface area contributed by atoms with E-state index in [-0.39, 0.29) is 0 Å². The van der Waals surface area contributed by atoms with Gasteiger partial charge in [-0.15, -0.1) is 0 Å². The minimum atomic E-state index is -2.19. The Kier molecular flexibility index (Phi) is 3.60. The summed E-state index contributed by atoms with van der Waals surface area (Å²) in [6, 6.07) is 7.48. The first-order valence-corrected chi connectivity index (χ1v) is 14.6. The van der Waals surface area contributed by atoms with Crippen LogP contribution in [0.15, 0.2) is 22.6 Å². The van der Waals surface area contributed by atoms with Crippen molar-refractivity contribution >= 4 is 27.7 Å². The van der Waals surface area contributed by atoms with Crippen LogP contribution in [0.5, 0.6) is 0 Å². The van der Waals surface area contributed by atoms with Crippen LogP contribution >= 0.6 is 0 Å². The molecule has 1 rings (SSSR count). The van der Waals surface area contributed by atoms with Crippen LogP contribution in [0.3, 0.4) is 0 Å². The Morgan fingerprint density at radius 1 is 1.33 bits per heavy atom. The molecule has 1 heterocycles. The van der Waals surface area contributed by atoms with Gasteiger partial charge in [0.15, 0.2) is 0 Å². The summed E-state index contributed by atoms with van der Waals surface area (Å²) in [5.74, 6) is 0.501. The van der Waals surface area contributed by atoms with Crippen molar-refractivity contribution in [1.82, 2.24) is 0 Å². The standard InChI is InChI=1S/C8H3N2O.3CH3.Sn/c9-4-3-7(6-10)8-2-1-5-11-8;;;;/h1-3H;3*1H3;. The molecule has 0 bridgehead atoms. The summed E-state index contributed by atoms with van der Waals surface area (Å²) >= 11 is -2.19. The van der Waals surface area contributed by atoms with E-state index in [4.69, 9.17) is 14.9 Å². The first kappa shape index (κ1) is 11.9. The zero-order chi connectivity index (χ0) is 11.5. The predicted molar refractivity (Wildman–Crippen MR) is 60.9 cm³/mol. The maximum atomic E-state index is 8.81. The van der Waals surface area contributed by atoms with Gasteiger partial charge in [-0.3, -0.25) is 0 Å². The van der Waals surface area contributed by atoms with Gasteiger partial charge in [-0.2, -0.15) is 0 Å². The van der Waals surface area contributed by atoms with E-state index in [9.17, 15) is 0 Å². The number of nitrogens with zero attached hydrogens (tertiary/aromatic N) is 2. The van der Waals surface area contributed by atoms with Gasteiger partial charge in [-0.05, 0) is 0 Å². The molecule has 0 aliphatic carbocycles. The molecule has 0 aromatic carbocycles. The Morgan fingerprint density at radius 2 is 2.00 bits per heavy atom. The fourth-order valence-electron chi connectivity index (χ4n) is 1.11. The Balaban J connectivity index is 3.11. The van der Waals surface area contributed by atoms with Gasteiger partial charge in [-0.1, -0.05) is 0 Å². The van der Waals surface area contributed by atoms with Crippen LogP contribution in [-0.2, 0) is 0 Å². The van der Waals surface area contributed by atoms with Crippen LogP contribution in [0.4, 0.5) is 0 Å². The average molecular weight is 307 g/mol. The molecule has 3 nitrogen and oxygen atoms in total. The number of hydrogen-bond donors (Lipinski definition) is 0. The van der Waals surface area contributed by atoms with Crippen LogP contribution in [0, 0.1) is 22.7 Å². The van der Waals surface area contributed by atoms with Crippen LogP contribution in [-0.4, -0.2) is 18.4 Å². The average Bonchev–Trinajstić information content (AvgIpc) is 2.62. The summed E-state index contributed by atoms with van der Waals surface area (Å²) in [5.41, 5.74) is 0.291. The molecule has 4 heteroatoms. The number of furan rings is 1. The summed E-state index contributed by atoms with van der Waals surface area (Å²) in [4.78, 5) is 6.70. The maximum absolute atomic E-state index is 8.81. The van der Waals surface area contributed by atoms with Crippen molar-refractivity contribution in [3.05, 3.63) is 24.0 Å². The third-order valence-electron chi connectivity index (χ3n) is 1.94. The third-order valence-corrected chi connectivity index (χ3v) is 6.93. The summed E-state index contributed by atoms with van der Waals surface area (Å²) in [6.07, 6.45) is 1.21. The number of rotatable bonds is 2. The van der Waals surface area contributed by atoms with Crippen molar-refractivity contribution in [3.8, 4) is 12.1 Å². The zero-order valence-corrected chi connectivity index (χ0v) is 11.9. The molecular weight excluding hydrogens is 295 g/mol. The van der Waals surface area contributed by atoms with Gasteiger partial charge < -0.3 is 0 Å². The van der Waals surface area contributed by atoms with Crippen molar-refractivity contribution < 1.29 is 4.42 Å². The summed E-state index contributed by atoms with van der Waals surface area (Å²) < 4.78 is 6.62. The van der Waals surface area contributed by atoms with Crippen molar-refractivity contribution in [3.63, 3.8) is 0 Å². The van der Waals surface area contributed by atoms with Gasteiger partial charge in [0.2, 0.25) is 0 Å². The quantitative estimate of drug-likeness (QED) is 0.622. The summed E-state index contributed by atoms with van der Waals surface area (Å²) in [5, 5.41) is 17.3. The third kappa shape index (κ3) is 2.87. The van der Waals surface area contributed by atoms with Gasteiger partial charge in [0.1, 0.15) is 0 Å². The summed E-state index contributed by atoms with van der Waals surface area (Å²) in [6.45, 7) is 0. The number of hydrogen-bond acceptors (Lipinski definition) is 3. The first-order valence-electron chi connectivity index (χ1n) is 4.59. The molecule has 0 atom stereocenters. The fourth-order valence-corrected chi connectivity index (χ4v) is 3.96. The Labute approximate surface area is 93.5 Å². The molecule has 0 saturated heterocycles. The second-order valence-electron chi connectivity index (χ2n) is 4.21. The van der Waals surface area contributed by atoms with Crippen molar-refractivity contribution in [1.29, 1.82) is 10.5 Å². The zero-order valence-electron chi connectivity index (χ0n) is 9.03. The minimum absolute atomic E-state index is 0.291. The monoisotopic (exact) mass is 308 g/mol. The molecule has 1 aromatic heterocycles. The van der Waals surface area contributed by atoms with Crippen LogP contribution in [0.25, 0.3) is 5.57 Å². The van der Waals surface area contributed by atoms with E-state index < -0.39 is 18.4 Å². The Morgan fingerprint density at radius 3 is 2.40 bits per heavy atom. The topological polar surface area (TPSA) is 60.7 Å². The van der Waals surface area contributed by atoms with Gasteiger partial charge in [0.05, 0.1) is 0 Å². The molecular formula is C11H12N2OSn. The van der Waals surface area contributed by atoms with E-state index in [1.807, 2.05) is 18.2 Å². The second kappa shape index (κ2) is 4.55. The molecule has 0 spiro atoms. The van der Waals surface area contributed by atoms with Crippen LogP contribution in [0.1, 0.15) is 5.76 Å². The molecule has 76 valence electrons.